The van der Waals surface area contributed by atoms with Gasteiger partial charge in [-0.25, -0.2) is 8.78 Å². The first-order chi connectivity index (χ1) is 6.61. The van der Waals surface area contributed by atoms with Gasteiger partial charge in [0, 0.05) is 12.3 Å². The molecule has 76 valence electrons. The number of aromatic nitrogens is 2. The summed E-state index contributed by atoms with van der Waals surface area (Å²) < 4.78 is 24.8. The van der Waals surface area contributed by atoms with Gasteiger partial charge in [0.05, 0.1) is 0 Å². The van der Waals surface area contributed by atoms with Gasteiger partial charge in [-0.15, -0.1) is 0 Å². The van der Waals surface area contributed by atoms with Gasteiger partial charge in [0.15, 0.2) is 5.82 Å². The van der Waals surface area contributed by atoms with Gasteiger partial charge in [-0.2, -0.15) is 5.10 Å². The molecule has 0 radical (unpaired) electrons. The number of nitrogens with zero attached hydrogens (tertiary/aromatic N) is 2. The molecule has 0 aromatic carbocycles. The number of rotatable bonds is 4. The first-order valence-corrected chi connectivity index (χ1v) is 3.87. The van der Waals surface area contributed by atoms with Crippen LogP contribution in [0.4, 0.5) is 14.6 Å². The van der Waals surface area contributed by atoms with Crippen molar-refractivity contribution in [2.24, 2.45) is 0 Å². The van der Waals surface area contributed by atoms with Crippen LogP contribution in [-0.4, -0.2) is 22.1 Å². The van der Waals surface area contributed by atoms with Crippen molar-refractivity contribution < 1.29 is 13.6 Å². The van der Waals surface area contributed by atoms with E-state index in [4.69, 9.17) is 0 Å². The van der Waals surface area contributed by atoms with Crippen LogP contribution in [-0.2, 0) is 11.3 Å². The normalized spacial score (nSPS) is 10.2. The zero-order chi connectivity index (χ0) is 10.6. The van der Waals surface area contributed by atoms with Crippen molar-refractivity contribution in [1.29, 1.82) is 0 Å². The van der Waals surface area contributed by atoms with Crippen LogP contribution in [0.1, 0.15) is 0 Å². The fourth-order valence-electron chi connectivity index (χ4n) is 0.849. The second kappa shape index (κ2) is 4.50. The number of hydrogen-bond acceptors (Lipinski definition) is 2. The Balaban J connectivity index is 2.59. The average Bonchev–Trinajstić information content (AvgIpc) is 2.51. The molecule has 0 aliphatic rings. The van der Waals surface area contributed by atoms with E-state index in [-0.39, 0.29) is 5.82 Å². The maximum Gasteiger partial charge on any atom is 0.257 e. The highest BCUT2D eigenvalue weighted by Crippen LogP contribution is 2.04. The quantitative estimate of drug-likeness (QED) is 0.746. The van der Waals surface area contributed by atoms with E-state index in [2.05, 4.69) is 17.0 Å². The Kier molecular flexibility index (Phi) is 3.33. The highest BCUT2D eigenvalue weighted by Gasteiger charge is 2.06. The molecule has 4 nitrogen and oxygen atoms in total. The summed E-state index contributed by atoms with van der Waals surface area (Å²) in [5.41, 5.74) is 0. The lowest BCUT2D eigenvalue weighted by Crippen LogP contribution is -2.10. The van der Waals surface area contributed by atoms with Crippen LogP contribution in [0.25, 0.3) is 0 Å². The summed E-state index contributed by atoms with van der Waals surface area (Å²) in [6.07, 6.45) is -0.0189. The standard InChI is InChI=1S/C8H9F2N3O/c1-2-8(14)11-7-3-4-13(12-7)5-6(9)10/h2-4,6H,1,5H2,(H,11,12,14). The molecule has 0 aliphatic carbocycles. The predicted octanol–water partition coefficient (Wildman–Crippen LogP) is 1.27. The van der Waals surface area contributed by atoms with Gasteiger partial charge in [0.25, 0.3) is 6.43 Å². The molecule has 0 saturated heterocycles. The van der Waals surface area contributed by atoms with Crippen molar-refractivity contribution in [2.45, 2.75) is 13.0 Å². The summed E-state index contributed by atoms with van der Waals surface area (Å²) in [4.78, 5) is 10.8. The topological polar surface area (TPSA) is 46.9 Å². The highest BCUT2D eigenvalue weighted by atomic mass is 19.3. The molecular formula is C8H9F2N3O. The maximum absolute atomic E-state index is 11.9. The Hall–Kier alpha value is -1.72. The van der Waals surface area contributed by atoms with Gasteiger partial charge >= 0.3 is 0 Å². The molecule has 1 heterocycles. The van der Waals surface area contributed by atoms with Crippen LogP contribution in [0.15, 0.2) is 24.9 Å². The molecule has 1 aromatic rings. The maximum atomic E-state index is 11.9. The Bertz CT molecular complexity index is 335. The Morgan fingerprint density at radius 2 is 2.50 bits per heavy atom. The molecule has 6 heteroatoms. The van der Waals surface area contributed by atoms with Gasteiger partial charge < -0.3 is 5.32 Å². The summed E-state index contributed by atoms with van der Waals surface area (Å²) in [6.45, 7) is 2.76. The minimum Gasteiger partial charge on any atom is -0.306 e. The first-order valence-electron chi connectivity index (χ1n) is 3.87. The molecule has 0 bridgehead atoms. The van der Waals surface area contributed by atoms with Crippen LogP contribution in [0, 0.1) is 0 Å². The lowest BCUT2D eigenvalue weighted by atomic mass is 10.5. The van der Waals surface area contributed by atoms with Gasteiger partial charge in [0.1, 0.15) is 6.54 Å². The number of amides is 1. The summed E-state index contributed by atoms with van der Waals surface area (Å²) >= 11 is 0. The number of alkyl halides is 2. The van der Waals surface area contributed by atoms with Crippen molar-refractivity contribution in [3.8, 4) is 0 Å². The first kappa shape index (κ1) is 10.4. The molecule has 1 N–H and O–H groups in total. The van der Waals surface area contributed by atoms with E-state index in [0.717, 1.165) is 10.8 Å². The van der Waals surface area contributed by atoms with Crippen LogP contribution >= 0.6 is 0 Å². The van der Waals surface area contributed by atoms with E-state index >= 15 is 0 Å². The molecule has 1 aromatic heterocycles. The molecular weight excluding hydrogens is 192 g/mol. The van der Waals surface area contributed by atoms with Crippen LogP contribution in [0.2, 0.25) is 0 Å². The number of anilines is 1. The fourth-order valence-corrected chi connectivity index (χ4v) is 0.849. The third kappa shape index (κ3) is 2.96. The fraction of sp³-hybridized carbons (Fsp3) is 0.250. The number of halogens is 2. The van der Waals surface area contributed by atoms with Crippen molar-refractivity contribution >= 4 is 11.7 Å². The molecule has 0 atom stereocenters. The Morgan fingerprint density at radius 1 is 1.79 bits per heavy atom. The van der Waals surface area contributed by atoms with E-state index in [9.17, 15) is 13.6 Å². The van der Waals surface area contributed by atoms with Crippen LogP contribution < -0.4 is 5.32 Å². The molecule has 0 unspecified atom stereocenters. The minimum atomic E-state index is -2.46. The monoisotopic (exact) mass is 201 g/mol. The minimum absolute atomic E-state index is 0.232. The Labute approximate surface area is 79.2 Å². The molecule has 0 spiro atoms. The van der Waals surface area contributed by atoms with Crippen LogP contribution in [0.3, 0.4) is 0 Å². The van der Waals surface area contributed by atoms with E-state index in [0.29, 0.717) is 0 Å². The highest BCUT2D eigenvalue weighted by molar-refractivity contribution is 5.98. The van der Waals surface area contributed by atoms with E-state index < -0.39 is 18.9 Å². The lowest BCUT2D eigenvalue weighted by Gasteiger charge is -1.99. The van der Waals surface area contributed by atoms with E-state index in [1.165, 1.54) is 12.3 Å². The van der Waals surface area contributed by atoms with Crippen molar-refractivity contribution in [2.75, 3.05) is 5.32 Å². The average molecular weight is 201 g/mol. The predicted molar refractivity (Wildman–Crippen MR) is 47.1 cm³/mol. The van der Waals surface area contributed by atoms with E-state index in [1.54, 1.807) is 0 Å². The second-order valence-electron chi connectivity index (χ2n) is 2.51. The van der Waals surface area contributed by atoms with E-state index in [1.807, 2.05) is 0 Å². The third-order valence-corrected chi connectivity index (χ3v) is 1.40. The lowest BCUT2D eigenvalue weighted by molar-refractivity contribution is -0.111. The van der Waals surface area contributed by atoms with Gasteiger partial charge in [-0.3, -0.25) is 9.48 Å². The molecule has 0 aliphatic heterocycles. The third-order valence-electron chi connectivity index (χ3n) is 1.40. The van der Waals surface area contributed by atoms with Gasteiger partial charge in [-0.1, -0.05) is 6.58 Å². The number of carbonyl (C=O) groups is 1. The SMILES string of the molecule is C=CC(=O)Nc1ccn(CC(F)F)n1. The summed E-state index contributed by atoms with van der Waals surface area (Å²) in [7, 11) is 0. The van der Waals surface area contributed by atoms with Gasteiger partial charge in [0.2, 0.25) is 5.91 Å². The number of hydrogen-bond donors (Lipinski definition) is 1. The molecule has 14 heavy (non-hydrogen) atoms. The summed E-state index contributed by atoms with van der Waals surface area (Å²) in [5, 5.41) is 6.05. The smallest absolute Gasteiger partial charge is 0.257 e. The number of carbonyl (C=O) groups excluding carboxylic acids is 1. The molecule has 1 rings (SSSR count). The summed E-state index contributed by atoms with van der Waals surface area (Å²) in [6, 6.07) is 1.43. The zero-order valence-corrected chi connectivity index (χ0v) is 7.28. The zero-order valence-electron chi connectivity index (χ0n) is 7.28. The summed E-state index contributed by atoms with van der Waals surface area (Å²) in [5.74, 6) is -0.192. The number of nitrogens with one attached hydrogen (secondary N) is 1. The van der Waals surface area contributed by atoms with Gasteiger partial charge in [-0.05, 0) is 6.08 Å². The molecule has 1 amide bonds. The molecule has 0 fully saturated rings. The van der Waals surface area contributed by atoms with Crippen LogP contribution in [0.5, 0.6) is 0 Å². The second-order valence-corrected chi connectivity index (χ2v) is 2.51. The van der Waals surface area contributed by atoms with Crippen molar-refractivity contribution in [3.63, 3.8) is 0 Å². The molecule has 0 saturated carbocycles. The van der Waals surface area contributed by atoms with Crippen molar-refractivity contribution in [1.82, 2.24) is 9.78 Å². The van der Waals surface area contributed by atoms with Crippen molar-refractivity contribution in [3.05, 3.63) is 24.9 Å². The largest absolute Gasteiger partial charge is 0.306 e. The Morgan fingerprint density at radius 3 is 3.07 bits per heavy atom.